The van der Waals surface area contributed by atoms with Crippen molar-refractivity contribution < 1.29 is 24.4 Å². The summed E-state index contributed by atoms with van der Waals surface area (Å²) in [7, 11) is 0. The van der Waals surface area contributed by atoms with Crippen molar-refractivity contribution in [3.8, 4) is 16.3 Å². The molecule has 5 rings (SSSR count). The minimum atomic E-state index is -0.544. The summed E-state index contributed by atoms with van der Waals surface area (Å²) in [5, 5.41) is 15.1. The third-order valence-corrected chi connectivity index (χ3v) is 9.77. The van der Waals surface area contributed by atoms with E-state index in [9.17, 15) is 14.4 Å². The van der Waals surface area contributed by atoms with E-state index in [-0.39, 0.29) is 11.8 Å². The summed E-state index contributed by atoms with van der Waals surface area (Å²) in [5.41, 5.74) is 10.8. The molecule has 10 nitrogen and oxygen atoms in total. The number of carbonyl (C=O) groups is 3. The molecule has 268 valence electrons. The molecule has 3 amide bonds. The number of pyridine rings is 1. The molecule has 3 aromatic rings. The third-order valence-electron chi connectivity index (χ3n) is 8.66. The number of hydroxylamine groups is 2. The molecule has 2 aromatic heterocycles. The van der Waals surface area contributed by atoms with Crippen molar-refractivity contribution >= 4 is 29.1 Å². The molecule has 2 aliphatic rings. The number of nitrogens with zero attached hydrogens (tertiary/aromatic N) is 1. The van der Waals surface area contributed by atoms with Crippen LogP contribution in [0.4, 0.5) is 0 Å². The average molecular weight is 718 g/mol. The average Bonchev–Trinajstić information content (AvgIpc) is 3.52. The van der Waals surface area contributed by atoms with Crippen molar-refractivity contribution in [2.45, 2.75) is 40.3 Å². The Balaban J connectivity index is 0.999. The highest BCUT2D eigenvalue weighted by molar-refractivity contribution is 7.17. The van der Waals surface area contributed by atoms with Crippen molar-refractivity contribution in [3.63, 3.8) is 0 Å². The summed E-state index contributed by atoms with van der Waals surface area (Å²) >= 11 is 1.25. The Labute approximate surface area is 308 Å². The number of thiophene rings is 1. The fourth-order valence-corrected chi connectivity index (χ4v) is 6.79. The van der Waals surface area contributed by atoms with Gasteiger partial charge in [-0.25, -0.2) is 5.48 Å². The minimum Gasteiger partial charge on any atom is -0.379 e. The van der Waals surface area contributed by atoms with Crippen LogP contribution >= 0.6 is 11.3 Å². The molecule has 2 aliphatic carbocycles. The van der Waals surface area contributed by atoms with E-state index in [1.807, 2.05) is 48.6 Å². The number of hydrogen-bond acceptors (Lipinski definition) is 8. The molecule has 2 atom stereocenters. The van der Waals surface area contributed by atoms with Gasteiger partial charge in [-0.1, -0.05) is 84.9 Å². The van der Waals surface area contributed by atoms with Crippen LogP contribution in [0, 0.1) is 11.8 Å². The number of carbonyl (C=O) groups excluding carboxylic acids is 3. The van der Waals surface area contributed by atoms with Crippen LogP contribution in [0.15, 0.2) is 138 Å². The SMILES string of the molecule is CC1=CC=C[C@H](C)[C@H]1/C(C)=C\C=C\C(=O)NCC1=CCC=C(C(=O)NOc2ccc(CNCc3ccc(-c4ccc(C(=O)NO)s4)nc3)cc2)C=C1. The predicted octanol–water partition coefficient (Wildman–Crippen LogP) is 6.83. The van der Waals surface area contributed by atoms with E-state index in [4.69, 9.17) is 10.0 Å². The Morgan fingerprint density at radius 2 is 1.77 bits per heavy atom. The number of hydrogen-bond donors (Lipinski definition) is 5. The number of rotatable bonds is 14. The Morgan fingerprint density at radius 3 is 2.52 bits per heavy atom. The van der Waals surface area contributed by atoms with Crippen molar-refractivity contribution in [2.75, 3.05) is 6.54 Å². The van der Waals surface area contributed by atoms with Gasteiger partial charge in [0.1, 0.15) is 0 Å². The van der Waals surface area contributed by atoms with Crippen LogP contribution in [0.2, 0.25) is 0 Å². The second-order valence-corrected chi connectivity index (χ2v) is 13.6. The highest BCUT2D eigenvalue weighted by Crippen LogP contribution is 2.32. The second-order valence-electron chi connectivity index (χ2n) is 12.6. The van der Waals surface area contributed by atoms with E-state index in [0.29, 0.717) is 54.1 Å². The Hall–Kier alpha value is -5.62. The van der Waals surface area contributed by atoms with Gasteiger partial charge in [-0.2, -0.15) is 5.48 Å². The predicted molar refractivity (Wildman–Crippen MR) is 204 cm³/mol. The van der Waals surface area contributed by atoms with Gasteiger partial charge in [0, 0.05) is 43.4 Å². The maximum Gasteiger partial charge on any atom is 0.284 e. The van der Waals surface area contributed by atoms with Crippen LogP contribution < -0.4 is 26.4 Å². The van der Waals surface area contributed by atoms with Crippen LogP contribution in [-0.4, -0.2) is 34.5 Å². The molecule has 0 saturated heterocycles. The van der Waals surface area contributed by atoms with Gasteiger partial charge in [0.2, 0.25) is 5.91 Å². The number of amides is 3. The lowest BCUT2D eigenvalue weighted by molar-refractivity contribution is -0.123. The number of allylic oxidation sites excluding steroid dienone is 9. The minimum absolute atomic E-state index is 0.182. The zero-order chi connectivity index (χ0) is 36.9. The largest absolute Gasteiger partial charge is 0.379 e. The van der Waals surface area contributed by atoms with Gasteiger partial charge in [0.15, 0.2) is 5.75 Å². The van der Waals surface area contributed by atoms with Gasteiger partial charge >= 0.3 is 0 Å². The zero-order valence-corrected chi connectivity index (χ0v) is 30.2. The molecular formula is C41H43N5O5S. The van der Waals surface area contributed by atoms with Gasteiger partial charge < -0.3 is 15.5 Å². The van der Waals surface area contributed by atoms with E-state index < -0.39 is 5.91 Å². The molecule has 0 saturated carbocycles. The second kappa shape index (κ2) is 18.6. The first-order chi connectivity index (χ1) is 25.2. The van der Waals surface area contributed by atoms with E-state index in [1.165, 1.54) is 28.6 Å². The van der Waals surface area contributed by atoms with Gasteiger partial charge in [0.25, 0.3) is 11.8 Å². The van der Waals surface area contributed by atoms with Crippen molar-refractivity contribution in [2.24, 2.45) is 11.8 Å². The molecule has 0 radical (unpaired) electrons. The molecule has 52 heavy (non-hydrogen) atoms. The highest BCUT2D eigenvalue weighted by atomic mass is 32.1. The molecule has 11 heteroatoms. The van der Waals surface area contributed by atoms with Crippen molar-refractivity contribution in [1.82, 2.24) is 26.6 Å². The summed E-state index contributed by atoms with van der Waals surface area (Å²) in [5.74, 6) is 0.177. The maximum atomic E-state index is 12.8. The van der Waals surface area contributed by atoms with E-state index in [2.05, 4.69) is 60.1 Å². The van der Waals surface area contributed by atoms with E-state index in [0.717, 1.165) is 27.3 Å². The van der Waals surface area contributed by atoms with E-state index >= 15 is 0 Å². The third kappa shape index (κ3) is 10.7. The summed E-state index contributed by atoms with van der Waals surface area (Å²) in [6, 6.07) is 14.7. The Morgan fingerprint density at radius 1 is 0.981 bits per heavy atom. The smallest absolute Gasteiger partial charge is 0.284 e. The summed E-state index contributed by atoms with van der Waals surface area (Å²) < 4.78 is 0. The number of benzene rings is 1. The summed E-state index contributed by atoms with van der Waals surface area (Å²) in [6.45, 7) is 8.02. The van der Waals surface area contributed by atoms with E-state index in [1.54, 1.807) is 48.1 Å². The fraction of sp³-hybridized carbons (Fsp3) is 0.220. The molecule has 0 aliphatic heterocycles. The van der Waals surface area contributed by atoms with Crippen LogP contribution in [0.5, 0.6) is 5.75 Å². The van der Waals surface area contributed by atoms with Crippen LogP contribution in [0.1, 0.15) is 48.0 Å². The lowest BCUT2D eigenvalue weighted by Gasteiger charge is -2.26. The molecule has 0 unspecified atom stereocenters. The first-order valence-electron chi connectivity index (χ1n) is 17.0. The lowest BCUT2D eigenvalue weighted by Crippen LogP contribution is -2.28. The number of nitrogens with one attached hydrogen (secondary N) is 4. The summed E-state index contributed by atoms with van der Waals surface area (Å²) in [4.78, 5) is 48.1. The topological polar surface area (TPSA) is 142 Å². The quantitative estimate of drug-likeness (QED) is 0.0533. The van der Waals surface area contributed by atoms with Crippen molar-refractivity contribution in [3.05, 3.63) is 154 Å². The van der Waals surface area contributed by atoms with Crippen LogP contribution in [0.25, 0.3) is 10.6 Å². The van der Waals surface area contributed by atoms with Gasteiger partial charge in [-0.05, 0) is 79.3 Å². The lowest BCUT2D eigenvalue weighted by atomic mass is 9.79. The summed E-state index contributed by atoms with van der Waals surface area (Å²) in [6.07, 6.45) is 21.4. The Kier molecular flexibility index (Phi) is 13.4. The molecule has 0 fully saturated rings. The van der Waals surface area contributed by atoms with Crippen molar-refractivity contribution in [1.29, 1.82) is 0 Å². The zero-order valence-electron chi connectivity index (χ0n) is 29.4. The highest BCUT2D eigenvalue weighted by Gasteiger charge is 2.20. The molecule has 1 aromatic carbocycles. The van der Waals surface area contributed by atoms with Gasteiger partial charge in [-0.3, -0.25) is 24.6 Å². The maximum absolute atomic E-state index is 12.8. The standard InChI is InChI=1S/C41H43N5O5S/c1-27-7-4-8-28(2)39(27)29(3)9-5-12-38(47)44-25-30-10-6-11-33(17-13-30)40(48)46-51-34-18-14-31(15-19-34)23-42-24-32-16-20-35(43-26-32)36-21-22-37(52-36)41(49)45-50/h4-5,7-22,26-27,39,42,50H,6,23-25H2,1-3H3,(H,44,47)(H,45,49)(H,46,48)/b12-5+,29-9-/t27-,39+/m0/s1. The normalized spacial score (nSPS) is 17.2. The van der Waals surface area contributed by atoms with Crippen LogP contribution in [-0.2, 0) is 22.7 Å². The first-order valence-corrected chi connectivity index (χ1v) is 17.8. The van der Waals surface area contributed by atoms with Crippen LogP contribution in [0.3, 0.4) is 0 Å². The molecule has 0 spiro atoms. The van der Waals surface area contributed by atoms with Gasteiger partial charge in [0.05, 0.1) is 15.4 Å². The molecule has 2 heterocycles. The first kappa shape index (κ1) is 37.6. The molecular weight excluding hydrogens is 675 g/mol. The molecule has 0 bridgehead atoms. The Bertz CT molecular complexity index is 1970. The van der Waals surface area contributed by atoms with Gasteiger partial charge in [-0.15, -0.1) is 11.3 Å². The number of aromatic nitrogens is 1. The molecule has 5 N–H and O–H groups in total. The monoisotopic (exact) mass is 717 g/mol. The fourth-order valence-electron chi connectivity index (χ4n) is 5.91.